The third-order valence-corrected chi connectivity index (χ3v) is 4.06. The van der Waals surface area contributed by atoms with Crippen LogP contribution in [0.15, 0.2) is 23.2 Å². The highest BCUT2D eigenvalue weighted by Crippen LogP contribution is 2.30. The minimum Gasteiger partial charge on any atom is -0.496 e. The first-order chi connectivity index (χ1) is 10.6. The van der Waals surface area contributed by atoms with Gasteiger partial charge in [-0.2, -0.15) is 0 Å². The molecule has 0 radical (unpaired) electrons. The van der Waals surface area contributed by atoms with E-state index in [0.717, 1.165) is 43.1 Å². The van der Waals surface area contributed by atoms with Crippen molar-refractivity contribution in [3.8, 4) is 5.75 Å². The summed E-state index contributed by atoms with van der Waals surface area (Å²) in [6, 6.07) is 6.12. The third kappa shape index (κ3) is 4.37. The predicted octanol–water partition coefficient (Wildman–Crippen LogP) is 1.97. The lowest BCUT2D eigenvalue weighted by Crippen LogP contribution is -2.50. The van der Waals surface area contributed by atoms with Crippen molar-refractivity contribution in [3.05, 3.63) is 29.3 Å². The van der Waals surface area contributed by atoms with Gasteiger partial charge >= 0.3 is 0 Å². The number of guanidine groups is 1. The van der Waals surface area contributed by atoms with Crippen molar-refractivity contribution < 1.29 is 9.84 Å². The summed E-state index contributed by atoms with van der Waals surface area (Å²) in [6.07, 6.45) is 2.84. The molecule has 3 N–H and O–H groups in total. The number of aryl methyl sites for hydroxylation is 1. The molecule has 1 aliphatic rings. The minimum absolute atomic E-state index is 0.539. The van der Waals surface area contributed by atoms with Gasteiger partial charge in [-0.25, -0.2) is 4.99 Å². The zero-order valence-corrected chi connectivity index (χ0v) is 13.8. The number of rotatable bonds is 6. The summed E-state index contributed by atoms with van der Waals surface area (Å²) in [7, 11) is 1.68. The molecule has 5 nitrogen and oxygen atoms in total. The Morgan fingerprint density at radius 2 is 2.14 bits per heavy atom. The molecular weight excluding hydrogens is 278 g/mol. The molecule has 0 unspecified atom stereocenters. The van der Waals surface area contributed by atoms with Gasteiger partial charge < -0.3 is 20.5 Å². The Labute approximate surface area is 132 Å². The largest absolute Gasteiger partial charge is 0.496 e. The Bertz CT molecular complexity index is 525. The Kier molecular flexibility index (Phi) is 5.66. The van der Waals surface area contributed by atoms with E-state index in [2.05, 4.69) is 21.7 Å². The van der Waals surface area contributed by atoms with Crippen molar-refractivity contribution in [2.45, 2.75) is 45.3 Å². The number of hydrogen-bond acceptors (Lipinski definition) is 3. The van der Waals surface area contributed by atoms with Gasteiger partial charge in [-0.15, -0.1) is 0 Å². The van der Waals surface area contributed by atoms with Crippen LogP contribution in [0.1, 0.15) is 37.3 Å². The van der Waals surface area contributed by atoms with Gasteiger partial charge in [0.05, 0.1) is 19.3 Å². The van der Waals surface area contributed by atoms with Gasteiger partial charge in [-0.1, -0.05) is 12.1 Å². The van der Waals surface area contributed by atoms with Gasteiger partial charge in [-0.3, -0.25) is 0 Å². The van der Waals surface area contributed by atoms with E-state index in [0.29, 0.717) is 13.1 Å². The molecule has 0 bridgehead atoms. The van der Waals surface area contributed by atoms with E-state index in [1.807, 2.05) is 26.0 Å². The Morgan fingerprint density at radius 3 is 2.73 bits per heavy atom. The van der Waals surface area contributed by atoms with E-state index in [4.69, 9.17) is 4.74 Å². The van der Waals surface area contributed by atoms with E-state index < -0.39 is 5.60 Å². The quantitative estimate of drug-likeness (QED) is 0.555. The fourth-order valence-corrected chi connectivity index (χ4v) is 2.50. The van der Waals surface area contributed by atoms with E-state index >= 15 is 0 Å². The van der Waals surface area contributed by atoms with Crippen molar-refractivity contribution in [2.75, 3.05) is 20.2 Å². The third-order valence-electron chi connectivity index (χ3n) is 4.06. The van der Waals surface area contributed by atoms with Gasteiger partial charge in [0.25, 0.3) is 0 Å². The van der Waals surface area contributed by atoms with Crippen LogP contribution in [0.3, 0.4) is 0 Å². The van der Waals surface area contributed by atoms with Crippen LogP contribution in [0, 0.1) is 6.92 Å². The van der Waals surface area contributed by atoms with Crippen LogP contribution < -0.4 is 15.4 Å². The molecule has 0 spiro atoms. The number of aliphatic hydroxyl groups is 1. The molecule has 0 amide bonds. The highest BCUT2D eigenvalue weighted by Gasteiger charge is 2.34. The van der Waals surface area contributed by atoms with Gasteiger partial charge in [0.2, 0.25) is 0 Å². The summed E-state index contributed by atoms with van der Waals surface area (Å²) in [5.74, 6) is 1.59. The molecule has 1 fully saturated rings. The predicted molar refractivity (Wildman–Crippen MR) is 89.4 cm³/mol. The molecule has 1 aliphatic carbocycles. The molecule has 0 atom stereocenters. The molecule has 1 aromatic carbocycles. The number of aliphatic imine (C=N–C) groups is 1. The van der Waals surface area contributed by atoms with Gasteiger partial charge in [0, 0.05) is 18.7 Å². The molecule has 0 aromatic heterocycles. The van der Waals surface area contributed by atoms with Crippen molar-refractivity contribution >= 4 is 5.96 Å². The highest BCUT2D eigenvalue weighted by atomic mass is 16.5. The summed E-state index contributed by atoms with van der Waals surface area (Å²) in [5.41, 5.74) is 1.66. The average molecular weight is 305 g/mol. The molecule has 2 rings (SSSR count). The van der Waals surface area contributed by atoms with Crippen molar-refractivity contribution in [2.24, 2.45) is 4.99 Å². The first-order valence-corrected chi connectivity index (χ1v) is 7.94. The van der Waals surface area contributed by atoms with Gasteiger partial charge in [-0.05, 0) is 44.7 Å². The second kappa shape index (κ2) is 7.49. The van der Waals surface area contributed by atoms with Crippen molar-refractivity contribution in [1.82, 2.24) is 10.6 Å². The maximum Gasteiger partial charge on any atom is 0.191 e. The number of methoxy groups -OCH3 is 1. The number of benzene rings is 1. The van der Waals surface area contributed by atoms with E-state index in [1.54, 1.807) is 7.11 Å². The SMILES string of the molecule is CCNC(=NCc1ccc(C)cc1OC)NCC1(O)CCC1. The zero-order chi connectivity index (χ0) is 16.0. The number of nitrogens with zero attached hydrogens (tertiary/aromatic N) is 1. The summed E-state index contributed by atoms with van der Waals surface area (Å²) in [4.78, 5) is 4.59. The molecule has 0 saturated heterocycles. The first-order valence-electron chi connectivity index (χ1n) is 7.94. The zero-order valence-electron chi connectivity index (χ0n) is 13.8. The summed E-state index contributed by atoms with van der Waals surface area (Å²) in [6.45, 7) is 5.94. The van der Waals surface area contributed by atoms with Crippen molar-refractivity contribution in [1.29, 1.82) is 0 Å². The van der Waals surface area contributed by atoms with Crippen LogP contribution in [0.5, 0.6) is 5.75 Å². The van der Waals surface area contributed by atoms with Crippen LogP contribution in [-0.4, -0.2) is 36.9 Å². The maximum atomic E-state index is 10.2. The molecule has 0 aliphatic heterocycles. The Morgan fingerprint density at radius 1 is 1.36 bits per heavy atom. The van der Waals surface area contributed by atoms with Crippen LogP contribution >= 0.6 is 0 Å². The number of hydrogen-bond donors (Lipinski definition) is 3. The second-order valence-electron chi connectivity index (χ2n) is 5.94. The highest BCUT2D eigenvalue weighted by molar-refractivity contribution is 5.79. The fraction of sp³-hybridized carbons (Fsp3) is 0.588. The molecule has 22 heavy (non-hydrogen) atoms. The Balaban J connectivity index is 2.00. The van der Waals surface area contributed by atoms with Crippen LogP contribution in [-0.2, 0) is 6.54 Å². The summed E-state index contributed by atoms with van der Waals surface area (Å²) < 4.78 is 5.41. The standard InChI is InChI=1S/C17H27N3O2/c1-4-18-16(20-12-17(21)8-5-9-17)19-11-14-7-6-13(2)10-15(14)22-3/h6-7,10,21H,4-5,8-9,11-12H2,1-3H3,(H2,18,19,20). The van der Waals surface area contributed by atoms with E-state index in [1.165, 1.54) is 5.56 Å². The van der Waals surface area contributed by atoms with Gasteiger partial charge in [0.1, 0.15) is 5.75 Å². The lowest BCUT2D eigenvalue weighted by Gasteiger charge is -2.37. The molecule has 0 heterocycles. The number of ether oxygens (including phenoxy) is 1. The summed E-state index contributed by atoms with van der Waals surface area (Å²) >= 11 is 0. The smallest absolute Gasteiger partial charge is 0.191 e. The van der Waals surface area contributed by atoms with Crippen LogP contribution in [0.2, 0.25) is 0 Å². The lowest BCUT2D eigenvalue weighted by molar-refractivity contribution is -0.0279. The molecule has 1 saturated carbocycles. The molecule has 5 heteroatoms. The summed E-state index contributed by atoms with van der Waals surface area (Å²) in [5, 5.41) is 16.6. The average Bonchev–Trinajstić information content (AvgIpc) is 2.49. The number of nitrogens with one attached hydrogen (secondary N) is 2. The van der Waals surface area contributed by atoms with Crippen molar-refractivity contribution in [3.63, 3.8) is 0 Å². The van der Waals surface area contributed by atoms with Gasteiger partial charge in [0.15, 0.2) is 5.96 Å². The first kappa shape index (κ1) is 16.6. The van der Waals surface area contributed by atoms with E-state index in [9.17, 15) is 5.11 Å². The second-order valence-corrected chi connectivity index (χ2v) is 5.94. The normalized spacial score (nSPS) is 16.8. The van der Waals surface area contributed by atoms with Crippen LogP contribution in [0.4, 0.5) is 0 Å². The minimum atomic E-state index is -0.558. The monoisotopic (exact) mass is 305 g/mol. The maximum absolute atomic E-state index is 10.2. The molecule has 122 valence electrons. The molecule has 1 aromatic rings. The van der Waals surface area contributed by atoms with Crippen LogP contribution in [0.25, 0.3) is 0 Å². The topological polar surface area (TPSA) is 65.9 Å². The molecular formula is C17H27N3O2. The fourth-order valence-electron chi connectivity index (χ4n) is 2.50. The lowest BCUT2D eigenvalue weighted by atomic mass is 9.80. The van der Waals surface area contributed by atoms with E-state index in [-0.39, 0.29) is 0 Å². The Hall–Kier alpha value is -1.75.